The van der Waals surface area contributed by atoms with Crippen LogP contribution in [0, 0.1) is 0 Å². The van der Waals surface area contributed by atoms with Crippen molar-refractivity contribution in [3.63, 3.8) is 0 Å². The van der Waals surface area contributed by atoms with E-state index in [9.17, 15) is 79.4 Å². The molecule has 0 heterocycles. The molecule has 1 rings (SSSR count). The van der Waals surface area contributed by atoms with Gasteiger partial charge in [-0.25, -0.2) is 4.79 Å². The van der Waals surface area contributed by atoms with Crippen LogP contribution < -0.4 is 10.1 Å². The number of carbonyl (C=O) groups is 1. The highest BCUT2D eigenvalue weighted by Crippen LogP contribution is 2.63. The number of benzene rings is 1. The number of amides is 1. The second kappa shape index (κ2) is 10.7. The Morgan fingerprint density at radius 3 is 1.57 bits per heavy atom. The Morgan fingerprint density at radius 2 is 1.12 bits per heavy atom. The number of nitrogens with one attached hydrogen (secondary N) is 1. The Kier molecular flexibility index (Phi) is 9.30. The van der Waals surface area contributed by atoms with E-state index >= 15 is 0 Å². The standard InChI is InChI=1S/C19H12F17NO3/c1-7(2)39-12(38)37-8-5-3-4-6-9(8)40-11(21)10(20)13(22,23)14(24,25)15(26,27)16(28,29)17(30,31)18(32,33)19(34,35)36/h3-7H,1-2H3,(H,37,38). The minimum atomic E-state index is -8.68. The fraction of sp³-hybridized carbons (Fsp3) is 0.526. The van der Waals surface area contributed by atoms with Gasteiger partial charge in [0.05, 0.1) is 11.8 Å². The SMILES string of the molecule is CC(C)OC(=O)Nc1ccccc1OC(F)=C(F)C(F)(F)C(F)(F)C(F)(F)C(F)(F)C(F)(F)C(F)(F)C(F)(F)F. The van der Waals surface area contributed by atoms with Crippen molar-refractivity contribution in [3.05, 3.63) is 36.1 Å². The zero-order valence-electron chi connectivity index (χ0n) is 19.0. The molecule has 1 amide bonds. The van der Waals surface area contributed by atoms with Gasteiger partial charge >= 0.3 is 53.8 Å². The van der Waals surface area contributed by atoms with Crippen LogP contribution in [-0.2, 0) is 4.74 Å². The number of para-hydroxylation sites is 2. The van der Waals surface area contributed by atoms with Crippen molar-refractivity contribution in [1.29, 1.82) is 0 Å². The third kappa shape index (κ3) is 5.68. The fourth-order valence-electron chi connectivity index (χ4n) is 2.38. The maximum absolute atomic E-state index is 14.0. The number of carbonyl (C=O) groups excluding carboxylic acids is 1. The Balaban J connectivity index is 3.56. The molecule has 1 aromatic rings. The van der Waals surface area contributed by atoms with Gasteiger partial charge in [0.2, 0.25) is 5.83 Å². The summed E-state index contributed by atoms with van der Waals surface area (Å²) in [5.41, 5.74) is -0.808. The molecule has 0 fully saturated rings. The van der Waals surface area contributed by atoms with E-state index in [1.807, 2.05) is 0 Å². The first-order valence-electron chi connectivity index (χ1n) is 9.75. The normalized spacial score (nSPS) is 15.1. The van der Waals surface area contributed by atoms with Crippen molar-refractivity contribution in [2.45, 2.75) is 61.7 Å². The molecule has 40 heavy (non-hydrogen) atoms. The molecule has 1 aromatic carbocycles. The number of anilines is 1. The summed E-state index contributed by atoms with van der Waals surface area (Å²) in [5.74, 6) is -55.9. The van der Waals surface area contributed by atoms with Crippen LogP contribution in [0.4, 0.5) is 85.1 Å². The summed E-state index contributed by atoms with van der Waals surface area (Å²) in [6.07, 6.45) is -10.0. The number of ether oxygens (including phenoxy) is 2. The molecule has 0 spiro atoms. The van der Waals surface area contributed by atoms with E-state index in [2.05, 4.69) is 9.47 Å². The van der Waals surface area contributed by atoms with Crippen molar-refractivity contribution < 1.29 is 88.9 Å². The molecule has 0 aliphatic rings. The average molecular weight is 625 g/mol. The molecule has 0 aliphatic carbocycles. The van der Waals surface area contributed by atoms with Crippen molar-refractivity contribution in [2.75, 3.05) is 5.32 Å². The van der Waals surface area contributed by atoms with Crippen LogP contribution in [0.25, 0.3) is 0 Å². The lowest BCUT2D eigenvalue weighted by molar-refractivity contribution is -0.451. The number of hydrogen-bond acceptors (Lipinski definition) is 3. The molecule has 1 N–H and O–H groups in total. The van der Waals surface area contributed by atoms with Gasteiger partial charge in [0.15, 0.2) is 5.75 Å². The Bertz CT molecular complexity index is 1110. The summed E-state index contributed by atoms with van der Waals surface area (Å²) in [6, 6.07) is -0.604. The second-order valence-electron chi connectivity index (χ2n) is 7.71. The minimum Gasteiger partial charge on any atom is -0.447 e. The van der Waals surface area contributed by atoms with Crippen LogP contribution in [-0.4, -0.2) is 53.9 Å². The van der Waals surface area contributed by atoms with Crippen molar-refractivity contribution in [3.8, 4) is 5.75 Å². The van der Waals surface area contributed by atoms with E-state index in [0.717, 1.165) is 18.2 Å². The van der Waals surface area contributed by atoms with Crippen LogP contribution in [0.15, 0.2) is 36.1 Å². The topological polar surface area (TPSA) is 47.6 Å². The summed E-state index contributed by atoms with van der Waals surface area (Å²) >= 11 is 0. The molecule has 21 heteroatoms. The highest BCUT2D eigenvalue weighted by atomic mass is 19.4. The van der Waals surface area contributed by atoms with Crippen LogP contribution in [0.5, 0.6) is 5.75 Å². The zero-order chi connectivity index (χ0) is 31.9. The monoisotopic (exact) mass is 625 g/mol. The van der Waals surface area contributed by atoms with Gasteiger partial charge in [0, 0.05) is 0 Å². The summed E-state index contributed by atoms with van der Waals surface area (Å²) in [4.78, 5) is 11.6. The lowest BCUT2D eigenvalue weighted by Crippen LogP contribution is -2.72. The zero-order valence-corrected chi connectivity index (χ0v) is 19.0. The van der Waals surface area contributed by atoms with E-state index in [1.165, 1.54) is 13.8 Å². The molecular weight excluding hydrogens is 613 g/mol. The summed E-state index contributed by atoms with van der Waals surface area (Å²) in [6.45, 7) is 2.61. The lowest BCUT2D eigenvalue weighted by atomic mass is 9.91. The number of halogens is 17. The third-order valence-corrected chi connectivity index (χ3v) is 4.44. The molecule has 0 saturated heterocycles. The van der Waals surface area contributed by atoms with Gasteiger partial charge in [-0.3, -0.25) is 5.32 Å². The summed E-state index contributed by atoms with van der Waals surface area (Å²) < 4.78 is 234. The predicted octanol–water partition coefficient (Wildman–Crippen LogP) is 8.50. The Labute approximate surface area is 210 Å². The molecule has 4 nitrogen and oxygen atoms in total. The summed E-state index contributed by atoms with van der Waals surface area (Å²) in [7, 11) is 0. The molecule has 0 aliphatic heterocycles. The second-order valence-corrected chi connectivity index (χ2v) is 7.71. The number of hydrogen-bond donors (Lipinski definition) is 1. The van der Waals surface area contributed by atoms with E-state index in [1.54, 1.807) is 5.32 Å². The van der Waals surface area contributed by atoms with Gasteiger partial charge < -0.3 is 9.47 Å². The Hall–Kier alpha value is -3.16. The highest BCUT2D eigenvalue weighted by molar-refractivity contribution is 5.86. The average Bonchev–Trinajstić information content (AvgIpc) is 2.77. The fourth-order valence-corrected chi connectivity index (χ4v) is 2.38. The predicted molar refractivity (Wildman–Crippen MR) is 97.3 cm³/mol. The van der Waals surface area contributed by atoms with E-state index in [-0.39, 0.29) is 0 Å². The largest absolute Gasteiger partial charge is 0.460 e. The van der Waals surface area contributed by atoms with E-state index in [4.69, 9.17) is 0 Å². The van der Waals surface area contributed by atoms with Crippen LogP contribution in [0.2, 0.25) is 0 Å². The first-order chi connectivity index (χ1) is 17.6. The Morgan fingerprint density at radius 1 is 0.700 bits per heavy atom. The van der Waals surface area contributed by atoms with Gasteiger partial charge in [-0.2, -0.15) is 74.6 Å². The van der Waals surface area contributed by atoms with Crippen LogP contribution in [0.1, 0.15) is 13.8 Å². The first kappa shape index (κ1) is 34.9. The minimum absolute atomic E-state index is 0.483. The van der Waals surface area contributed by atoms with Crippen molar-refractivity contribution in [2.24, 2.45) is 0 Å². The van der Waals surface area contributed by atoms with Gasteiger partial charge in [-0.05, 0) is 26.0 Å². The third-order valence-electron chi connectivity index (χ3n) is 4.44. The summed E-state index contributed by atoms with van der Waals surface area (Å²) in [5, 5.41) is 1.74. The van der Waals surface area contributed by atoms with Crippen LogP contribution >= 0.6 is 0 Å². The number of allylic oxidation sites excluding steroid dienone is 1. The molecule has 0 saturated carbocycles. The number of rotatable bonds is 10. The molecule has 0 atom stereocenters. The lowest BCUT2D eigenvalue weighted by Gasteiger charge is -2.41. The molecule has 0 unspecified atom stereocenters. The molecule has 0 radical (unpaired) electrons. The maximum Gasteiger partial charge on any atom is 0.460 e. The molecule has 0 bridgehead atoms. The maximum atomic E-state index is 14.0. The van der Waals surface area contributed by atoms with Gasteiger partial charge in [-0.1, -0.05) is 12.1 Å². The quantitative estimate of drug-likeness (QED) is 0.210. The van der Waals surface area contributed by atoms with E-state index in [0.29, 0.717) is 6.07 Å². The first-order valence-corrected chi connectivity index (χ1v) is 9.75. The van der Waals surface area contributed by atoms with Crippen LogP contribution in [0.3, 0.4) is 0 Å². The molecule has 0 aromatic heterocycles. The molecular formula is C19H12F17NO3. The molecule has 230 valence electrons. The highest BCUT2D eigenvalue weighted by Gasteiger charge is 2.93. The number of alkyl halides is 15. The van der Waals surface area contributed by atoms with E-state index < -0.39 is 77.2 Å². The van der Waals surface area contributed by atoms with Gasteiger partial charge in [-0.15, -0.1) is 0 Å². The van der Waals surface area contributed by atoms with Crippen molar-refractivity contribution >= 4 is 11.8 Å². The van der Waals surface area contributed by atoms with Gasteiger partial charge in [0.25, 0.3) is 0 Å². The van der Waals surface area contributed by atoms with Gasteiger partial charge in [0.1, 0.15) is 0 Å². The smallest absolute Gasteiger partial charge is 0.447 e. The van der Waals surface area contributed by atoms with Crippen molar-refractivity contribution in [1.82, 2.24) is 0 Å².